The molecule has 1 heterocycles. The predicted octanol–water partition coefficient (Wildman–Crippen LogP) is 3.78. The Kier molecular flexibility index (Phi) is 3.87. The molecule has 3 nitrogen and oxygen atoms in total. The number of halogens is 1. The highest BCUT2D eigenvalue weighted by atomic mass is 79.9. The minimum absolute atomic E-state index is 0.223. The Morgan fingerprint density at radius 2 is 2.00 bits per heavy atom. The predicted molar refractivity (Wildman–Crippen MR) is 76.8 cm³/mol. The van der Waals surface area contributed by atoms with E-state index in [9.17, 15) is 5.11 Å². The average Bonchev–Trinajstić information content (AvgIpc) is 2.35. The third-order valence-corrected chi connectivity index (χ3v) is 3.66. The van der Waals surface area contributed by atoms with Gasteiger partial charge in [0, 0.05) is 15.9 Å². The number of aromatic hydroxyl groups is 1. The Bertz CT molecular complexity index is 568. The number of benzene rings is 1. The van der Waals surface area contributed by atoms with Gasteiger partial charge in [-0.05, 0) is 43.7 Å². The molecule has 0 amide bonds. The number of rotatable bonds is 3. The van der Waals surface area contributed by atoms with E-state index in [0.717, 1.165) is 21.4 Å². The van der Waals surface area contributed by atoms with Crippen LogP contribution >= 0.6 is 15.9 Å². The molecule has 94 valence electrons. The zero-order chi connectivity index (χ0) is 13.1. The first-order valence-electron chi connectivity index (χ1n) is 5.72. The van der Waals surface area contributed by atoms with Gasteiger partial charge in [0.1, 0.15) is 11.4 Å². The molecule has 1 aromatic carbocycles. The van der Waals surface area contributed by atoms with Crippen molar-refractivity contribution < 1.29 is 5.11 Å². The van der Waals surface area contributed by atoms with Crippen LogP contribution in [0.2, 0.25) is 0 Å². The van der Waals surface area contributed by atoms with E-state index in [4.69, 9.17) is 0 Å². The SMILES string of the molecule is Cc1ccc(O)c(CNc2cccc(Br)c2C)n1. The molecule has 0 saturated heterocycles. The fraction of sp³-hybridized carbons (Fsp3) is 0.214. The smallest absolute Gasteiger partial charge is 0.138 e. The molecule has 0 atom stereocenters. The zero-order valence-electron chi connectivity index (χ0n) is 10.4. The van der Waals surface area contributed by atoms with Crippen LogP contribution < -0.4 is 5.32 Å². The van der Waals surface area contributed by atoms with Crippen molar-refractivity contribution in [3.8, 4) is 5.75 Å². The van der Waals surface area contributed by atoms with Gasteiger partial charge in [0.25, 0.3) is 0 Å². The Hall–Kier alpha value is -1.55. The van der Waals surface area contributed by atoms with Crippen molar-refractivity contribution in [2.45, 2.75) is 20.4 Å². The summed E-state index contributed by atoms with van der Waals surface area (Å²) in [4.78, 5) is 4.32. The van der Waals surface area contributed by atoms with Crippen LogP contribution in [-0.2, 0) is 6.54 Å². The first-order chi connectivity index (χ1) is 8.58. The van der Waals surface area contributed by atoms with Crippen LogP contribution in [0.1, 0.15) is 17.0 Å². The molecule has 18 heavy (non-hydrogen) atoms. The molecule has 0 unspecified atom stereocenters. The van der Waals surface area contributed by atoms with Gasteiger partial charge in [-0.15, -0.1) is 0 Å². The number of aryl methyl sites for hydroxylation is 1. The largest absolute Gasteiger partial charge is 0.506 e. The lowest BCUT2D eigenvalue weighted by atomic mass is 10.2. The average molecular weight is 307 g/mol. The third kappa shape index (κ3) is 2.82. The quantitative estimate of drug-likeness (QED) is 0.907. The number of nitrogens with one attached hydrogen (secondary N) is 1. The highest BCUT2D eigenvalue weighted by molar-refractivity contribution is 9.10. The molecule has 0 aliphatic rings. The van der Waals surface area contributed by atoms with Crippen LogP contribution in [-0.4, -0.2) is 10.1 Å². The second kappa shape index (κ2) is 5.40. The van der Waals surface area contributed by atoms with Gasteiger partial charge < -0.3 is 10.4 Å². The van der Waals surface area contributed by atoms with Crippen molar-refractivity contribution >= 4 is 21.6 Å². The topological polar surface area (TPSA) is 45.1 Å². The maximum absolute atomic E-state index is 9.73. The minimum Gasteiger partial charge on any atom is -0.506 e. The second-order valence-corrected chi connectivity index (χ2v) is 5.04. The first-order valence-corrected chi connectivity index (χ1v) is 6.51. The number of anilines is 1. The monoisotopic (exact) mass is 306 g/mol. The summed E-state index contributed by atoms with van der Waals surface area (Å²) in [6.07, 6.45) is 0. The lowest BCUT2D eigenvalue weighted by Gasteiger charge is -2.11. The standard InChI is InChI=1S/C14H15BrN2O/c1-9-6-7-14(18)13(17-9)8-16-12-5-3-4-11(15)10(12)2/h3-7,16,18H,8H2,1-2H3. The molecule has 2 N–H and O–H groups in total. The number of hydrogen-bond donors (Lipinski definition) is 2. The van der Waals surface area contributed by atoms with Crippen LogP contribution in [0.5, 0.6) is 5.75 Å². The van der Waals surface area contributed by atoms with Gasteiger partial charge in [-0.3, -0.25) is 4.98 Å². The van der Waals surface area contributed by atoms with E-state index in [0.29, 0.717) is 12.2 Å². The second-order valence-electron chi connectivity index (χ2n) is 4.18. The van der Waals surface area contributed by atoms with Gasteiger partial charge in [0.2, 0.25) is 0 Å². The molecule has 0 saturated carbocycles. The van der Waals surface area contributed by atoms with E-state index in [-0.39, 0.29) is 5.75 Å². The molecule has 4 heteroatoms. The molecule has 0 spiro atoms. The Balaban J connectivity index is 2.16. The van der Waals surface area contributed by atoms with E-state index < -0.39 is 0 Å². The Morgan fingerprint density at radius 3 is 2.78 bits per heavy atom. The van der Waals surface area contributed by atoms with Gasteiger partial charge in [0.15, 0.2) is 0 Å². The molecule has 2 rings (SSSR count). The number of pyridine rings is 1. The van der Waals surface area contributed by atoms with Crippen molar-refractivity contribution in [1.82, 2.24) is 4.98 Å². The highest BCUT2D eigenvalue weighted by Gasteiger charge is 2.05. The molecular weight excluding hydrogens is 292 g/mol. The normalized spacial score (nSPS) is 10.4. The third-order valence-electron chi connectivity index (χ3n) is 2.80. The van der Waals surface area contributed by atoms with Crippen molar-refractivity contribution in [1.29, 1.82) is 0 Å². The maximum atomic E-state index is 9.73. The lowest BCUT2D eigenvalue weighted by Crippen LogP contribution is -2.04. The van der Waals surface area contributed by atoms with Gasteiger partial charge in [-0.1, -0.05) is 22.0 Å². The van der Waals surface area contributed by atoms with E-state index in [1.54, 1.807) is 12.1 Å². The summed E-state index contributed by atoms with van der Waals surface area (Å²) in [6.45, 7) is 4.45. The van der Waals surface area contributed by atoms with Gasteiger partial charge in [-0.2, -0.15) is 0 Å². The lowest BCUT2D eigenvalue weighted by molar-refractivity contribution is 0.464. The van der Waals surface area contributed by atoms with Gasteiger partial charge in [0.05, 0.1) is 6.54 Å². The van der Waals surface area contributed by atoms with Gasteiger partial charge >= 0.3 is 0 Å². The molecule has 2 aromatic rings. The number of nitrogens with zero attached hydrogens (tertiary/aromatic N) is 1. The molecule has 1 aromatic heterocycles. The summed E-state index contributed by atoms with van der Waals surface area (Å²) in [6, 6.07) is 9.45. The molecular formula is C14H15BrN2O. The van der Waals surface area contributed by atoms with E-state index in [1.807, 2.05) is 32.0 Å². The van der Waals surface area contributed by atoms with Crippen molar-refractivity contribution in [3.05, 3.63) is 51.8 Å². The maximum Gasteiger partial charge on any atom is 0.138 e. The number of aromatic nitrogens is 1. The summed E-state index contributed by atoms with van der Waals surface area (Å²) < 4.78 is 1.06. The molecule has 0 radical (unpaired) electrons. The van der Waals surface area contributed by atoms with Crippen molar-refractivity contribution in [2.24, 2.45) is 0 Å². The van der Waals surface area contributed by atoms with Crippen LogP contribution in [0.15, 0.2) is 34.8 Å². The van der Waals surface area contributed by atoms with Crippen LogP contribution in [0, 0.1) is 13.8 Å². The fourth-order valence-electron chi connectivity index (χ4n) is 1.71. The van der Waals surface area contributed by atoms with E-state index >= 15 is 0 Å². The van der Waals surface area contributed by atoms with Crippen LogP contribution in [0.3, 0.4) is 0 Å². The summed E-state index contributed by atoms with van der Waals surface area (Å²) in [5.74, 6) is 0.223. The Labute approximate surface area is 115 Å². The highest BCUT2D eigenvalue weighted by Crippen LogP contribution is 2.24. The summed E-state index contributed by atoms with van der Waals surface area (Å²) >= 11 is 3.49. The fourth-order valence-corrected chi connectivity index (χ4v) is 2.08. The molecule has 0 bridgehead atoms. The first kappa shape index (κ1) is 12.9. The summed E-state index contributed by atoms with van der Waals surface area (Å²) in [7, 11) is 0. The minimum atomic E-state index is 0.223. The Morgan fingerprint density at radius 1 is 1.22 bits per heavy atom. The van der Waals surface area contributed by atoms with Crippen LogP contribution in [0.4, 0.5) is 5.69 Å². The molecule has 0 aliphatic carbocycles. The summed E-state index contributed by atoms with van der Waals surface area (Å²) in [5.41, 5.74) is 3.74. The molecule has 0 aliphatic heterocycles. The van der Waals surface area contributed by atoms with Crippen molar-refractivity contribution in [3.63, 3.8) is 0 Å². The zero-order valence-corrected chi connectivity index (χ0v) is 12.0. The van der Waals surface area contributed by atoms with Crippen LogP contribution in [0.25, 0.3) is 0 Å². The van der Waals surface area contributed by atoms with E-state index in [2.05, 4.69) is 26.2 Å². The molecule has 0 fully saturated rings. The van der Waals surface area contributed by atoms with Crippen molar-refractivity contribution in [2.75, 3.05) is 5.32 Å². The van der Waals surface area contributed by atoms with E-state index in [1.165, 1.54) is 0 Å². The summed E-state index contributed by atoms with van der Waals surface area (Å²) in [5, 5.41) is 13.0. The van der Waals surface area contributed by atoms with Gasteiger partial charge in [-0.25, -0.2) is 0 Å². The number of hydrogen-bond acceptors (Lipinski definition) is 3.